The van der Waals surface area contributed by atoms with Gasteiger partial charge < -0.3 is 5.32 Å². The molecule has 0 aliphatic heterocycles. The standard InChI is InChI=1S/C17H13N5OS2/c23-16(7-14-9-25-17(21-14)12-5-6-24-8-12)20-13-1-3-15(4-2-13)22-11-18-10-19-22/h1-6,8-11H,7H2,(H,20,23). The quantitative estimate of drug-likeness (QED) is 0.585. The molecule has 0 saturated heterocycles. The second-order valence-corrected chi connectivity index (χ2v) is 6.91. The number of nitrogens with one attached hydrogen (secondary N) is 1. The second kappa shape index (κ2) is 6.96. The minimum atomic E-state index is -0.0873. The van der Waals surface area contributed by atoms with E-state index in [1.54, 1.807) is 33.7 Å². The van der Waals surface area contributed by atoms with Crippen molar-refractivity contribution in [2.45, 2.75) is 6.42 Å². The lowest BCUT2D eigenvalue weighted by Gasteiger charge is -2.05. The van der Waals surface area contributed by atoms with E-state index in [1.165, 1.54) is 6.33 Å². The van der Waals surface area contributed by atoms with Crippen LogP contribution in [0.5, 0.6) is 0 Å². The largest absolute Gasteiger partial charge is 0.326 e. The first kappa shape index (κ1) is 15.7. The van der Waals surface area contributed by atoms with Crippen molar-refractivity contribution in [1.82, 2.24) is 19.7 Å². The fourth-order valence-electron chi connectivity index (χ4n) is 2.32. The van der Waals surface area contributed by atoms with E-state index in [0.717, 1.165) is 27.6 Å². The molecule has 0 saturated carbocycles. The number of carbonyl (C=O) groups is 1. The molecule has 1 N–H and O–H groups in total. The van der Waals surface area contributed by atoms with Crippen molar-refractivity contribution < 1.29 is 4.79 Å². The zero-order chi connectivity index (χ0) is 17.1. The first-order valence-corrected chi connectivity index (χ1v) is 9.32. The van der Waals surface area contributed by atoms with Crippen LogP contribution in [-0.2, 0) is 11.2 Å². The van der Waals surface area contributed by atoms with Gasteiger partial charge in [0.05, 0.1) is 17.8 Å². The molecule has 6 nitrogen and oxygen atoms in total. The van der Waals surface area contributed by atoms with Crippen LogP contribution < -0.4 is 5.32 Å². The first-order valence-electron chi connectivity index (χ1n) is 7.50. The number of benzene rings is 1. The number of hydrogen-bond acceptors (Lipinski definition) is 6. The highest BCUT2D eigenvalue weighted by Crippen LogP contribution is 2.26. The maximum atomic E-state index is 12.2. The molecule has 4 rings (SSSR count). The lowest BCUT2D eigenvalue weighted by molar-refractivity contribution is -0.115. The van der Waals surface area contributed by atoms with Crippen LogP contribution in [0.1, 0.15) is 5.69 Å². The van der Waals surface area contributed by atoms with Gasteiger partial charge in [-0.05, 0) is 35.7 Å². The van der Waals surface area contributed by atoms with E-state index in [-0.39, 0.29) is 12.3 Å². The molecule has 0 fully saturated rings. The average Bonchev–Trinajstić information content (AvgIpc) is 3.37. The van der Waals surface area contributed by atoms with Crippen LogP contribution in [-0.4, -0.2) is 25.7 Å². The monoisotopic (exact) mass is 367 g/mol. The molecule has 4 aromatic rings. The van der Waals surface area contributed by atoms with E-state index >= 15 is 0 Å². The molecule has 1 aromatic carbocycles. The van der Waals surface area contributed by atoms with Crippen LogP contribution in [0, 0.1) is 0 Å². The summed E-state index contributed by atoms with van der Waals surface area (Å²) in [5, 5.41) is 13.9. The molecule has 25 heavy (non-hydrogen) atoms. The summed E-state index contributed by atoms with van der Waals surface area (Å²) in [5.41, 5.74) is 3.51. The highest BCUT2D eigenvalue weighted by Gasteiger charge is 2.10. The van der Waals surface area contributed by atoms with E-state index < -0.39 is 0 Å². The number of nitrogens with zero attached hydrogens (tertiary/aromatic N) is 4. The van der Waals surface area contributed by atoms with Gasteiger partial charge in [-0.3, -0.25) is 4.79 Å². The number of carbonyl (C=O) groups excluding carboxylic acids is 1. The molecule has 0 aliphatic carbocycles. The smallest absolute Gasteiger partial charge is 0.230 e. The molecule has 124 valence electrons. The molecular formula is C17H13N5OS2. The molecule has 1 amide bonds. The van der Waals surface area contributed by atoms with Gasteiger partial charge in [0.2, 0.25) is 5.91 Å². The van der Waals surface area contributed by atoms with Crippen molar-refractivity contribution in [2.75, 3.05) is 5.32 Å². The highest BCUT2D eigenvalue weighted by molar-refractivity contribution is 7.14. The maximum absolute atomic E-state index is 12.2. The number of rotatable bonds is 5. The predicted molar refractivity (Wildman–Crippen MR) is 99.1 cm³/mol. The zero-order valence-corrected chi connectivity index (χ0v) is 14.6. The third-order valence-electron chi connectivity index (χ3n) is 3.50. The Morgan fingerprint density at radius 1 is 1.16 bits per heavy atom. The normalized spacial score (nSPS) is 10.7. The van der Waals surface area contributed by atoms with Crippen LogP contribution in [0.2, 0.25) is 0 Å². The van der Waals surface area contributed by atoms with Crippen molar-refractivity contribution in [3.05, 3.63) is 64.8 Å². The van der Waals surface area contributed by atoms with Crippen LogP contribution in [0.25, 0.3) is 16.3 Å². The summed E-state index contributed by atoms with van der Waals surface area (Å²) >= 11 is 3.19. The Kier molecular flexibility index (Phi) is 4.36. The number of thiazole rings is 1. The van der Waals surface area contributed by atoms with Crippen LogP contribution >= 0.6 is 22.7 Å². The molecule has 3 heterocycles. The molecule has 8 heteroatoms. The Balaban J connectivity index is 1.39. The summed E-state index contributed by atoms with van der Waals surface area (Å²) in [7, 11) is 0. The second-order valence-electron chi connectivity index (χ2n) is 5.27. The number of thiophene rings is 1. The summed E-state index contributed by atoms with van der Waals surface area (Å²) in [6.07, 6.45) is 3.36. The molecular weight excluding hydrogens is 354 g/mol. The first-order chi connectivity index (χ1) is 12.3. The van der Waals surface area contributed by atoms with Gasteiger partial charge in [-0.1, -0.05) is 0 Å². The van der Waals surface area contributed by atoms with Gasteiger partial charge in [-0.2, -0.15) is 16.4 Å². The Labute approximate surface area is 151 Å². The minimum Gasteiger partial charge on any atom is -0.326 e. The number of aromatic nitrogens is 4. The topological polar surface area (TPSA) is 72.7 Å². The van der Waals surface area contributed by atoms with Crippen LogP contribution in [0.3, 0.4) is 0 Å². The molecule has 0 atom stereocenters. The number of hydrogen-bond donors (Lipinski definition) is 1. The van der Waals surface area contributed by atoms with Crippen LogP contribution in [0.15, 0.2) is 59.1 Å². The Morgan fingerprint density at radius 2 is 2.04 bits per heavy atom. The van der Waals surface area contributed by atoms with Gasteiger partial charge in [0.25, 0.3) is 0 Å². The SMILES string of the molecule is O=C(Cc1csc(-c2ccsc2)n1)Nc1ccc(-n2cncn2)cc1. The average molecular weight is 367 g/mol. The summed E-state index contributed by atoms with van der Waals surface area (Å²) in [5.74, 6) is -0.0873. The Morgan fingerprint density at radius 3 is 2.76 bits per heavy atom. The third kappa shape index (κ3) is 3.65. The number of amides is 1. The highest BCUT2D eigenvalue weighted by atomic mass is 32.1. The minimum absolute atomic E-state index is 0.0873. The van der Waals surface area contributed by atoms with Crippen molar-refractivity contribution in [2.24, 2.45) is 0 Å². The summed E-state index contributed by atoms with van der Waals surface area (Å²) < 4.78 is 1.66. The molecule has 0 radical (unpaired) electrons. The van der Waals surface area contributed by atoms with E-state index in [2.05, 4.69) is 25.8 Å². The van der Waals surface area contributed by atoms with Gasteiger partial charge >= 0.3 is 0 Å². The van der Waals surface area contributed by atoms with Crippen molar-refractivity contribution >= 4 is 34.3 Å². The summed E-state index contributed by atoms with van der Waals surface area (Å²) in [6.45, 7) is 0. The molecule has 0 aliphatic rings. The van der Waals surface area contributed by atoms with Crippen molar-refractivity contribution in [3.63, 3.8) is 0 Å². The predicted octanol–water partition coefficient (Wildman–Crippen LogP) is 3.63. The van der Waals surface area contributed by atoms with E-state index in [1.807, 2.05) is 41.1 Å². The van der Waals surface area contributed by atoms with Crippen molar-refractivity contribution in [1.29, 1.82) is 0 Å². The van der Waals surface area contributed by atoms with Gasteiger partial charge in [-0.15, -0.1) is 11.3 Å². The van der Waals surface area contributed by atoms with Crippen LogP contribution in [0.4, 0.5) is 5.69 Å². The molecule has 3 aromatic heterocycles. The maximum Gasteiger partial charge on any atom is 0.230 e. The van der Waals surface area contributed by atoms with E-state index in [4.69, 9.17) is 0 Å². The van der Waals surface area contributed by atoms with Gasteiger partial charge in [0, 0.05) is 22.0 Å². The Hall–Kier alpha value is -2.84. The fourth-order valence-corrected chi connectivity index (χ4v) is 3.85. The Bertz CT molecular complexity index is 959. The van der Waals surface area contributed by atoms with E-state index in [9.17, 15) is 4.79 Å². The van der Waals surface area contributed by atoms with Gasteiger partial charge in [0.15, 0.2) is 0 Å². The molecule has 0 unspecified atom stereocenters. The van der Waals surface area contributed by atoms with Gasteiger partial charge in [0.1, 0.15) is 17.7 Å². The lowest BCUT2D eigenvalue weighted by Crippen LogP contribution is -2.14. The summed E-state index contributed by atoms with van der Waals surface area (Å²) in [4.78, 5) is 20.7. The fraction of sp³-hybridized carbons (Fsp3) is 0.0588. The zero-order valence-electron chi connectivity index (χ0n) is 13.0. The lowest BCUT2D eigenvalue weighted by atomic mass is 10.2. The number of anilines is 1. The van der Waals surface area contributed by atoms with Crippen molar-refractivity contribution in [3.8, 4) is 16.3 Å². The van der Waals surface area contributed by atoms with Gasteiger partial charge in [-0.25, -0.2) is 14.6 Å². The third-order valence-corrected chi connectivity index (χ3v) is 5.12. The summed E-state index contributed by atoms with van der Waals surface area (Å²) in [6, 6.07) is 9.47. The molecule has 0 bridgehead atoms. The van der Waals surface area contributed by atoms with E-state index in [0.29, 0.717) is 0 Å². The molecule has 0 spiro atoms.